The first kappa shape index (κ1) is 23.1. The lowest BCUT2D eigenvalue weighted by Gasteiger charge is -2.15. The zero-order valence-corrected chi connectivity index (χ0v) is 19.2. The van der Waals surface area contributed by atoms with Gasteiger partial charge in [-0.1, -0.05) is 24.1 Å². The molecule has 1 atom stereocenters. The molecule has 8 nitrogen and oxygen atoms in total. The number of hydrogen-bond acceptors (Lipinski definition) is 5. The number of hydrogen-bond donors (Lipinski definition) is 2. The van der Waals surface area contributed by atoms with Gasteiger partial charge in [-0.3, -0.25) is 9.59 Å². The van der Waals surface area contributed by atoms with Crippen molar-refractivity contribution >= 4 is 22.6 Å². The second-order valence-corrected chi connectivity index (χ2v) is 8.36. The zero-order valence-electron chi connectivity index (χ0n) is 19.2. The number of rotatable bonds is 4. The molecule has 0 spiro atoms. The molecule has 1 unspecified atom stereocenters. The summed E-state index contributed by atoms with van der Waals surface area (Å²) in [4.78, 5) is 26.7. The van der Waals surface area contributed by atoms with Crippen molar-refractivity contribution in [3.63, 3.8) is 0 Å². The number of carbonyl (C=O) groups excluding carboxylic acids is 1. The van der Waals surface area contributed by atoms with Crippen LogP contribution in [0.1, 0.15) is 19.4 Å². The SMILES string of the molecule is CC#CC(=O)N1CCC(n2cc(-c3ccc(Oc4c(F)cccc4F)cc3)c3c(N)n[nH]c(=O)c32)C1. The van der Waals surface area contributed by atoms with Crippen molar-refractivity contribution in [2.45, 2.75) is 19.4 Å². The Kier molecular flexibility index (Phi) is 5.90. The molecule has 1 amide bonds. The number of para-hydroxylation sites is 1. The summed E-state index contributed by atoms with van der Waals surface area (Å²) in [5.74, 6) is 3.18. The minimum atomic E-state index is -0.811. The molecule has 1 aliphatic heterocycles. The molecule has 1 saturated heterocycles. The lowest BCUT2D eigenvalue weighted by atomic mass is 10.1. The monoisotopic (exact) mass is 489 g/mol. The molecule has 10 heteroatoms. The maximum atomic E-state index is 14.0. The van der Waals surface area contributed by atoms with E-state index < -0.39 is 22.9 Å². The third kappa shape index (κ3) is 4.05. The highest BCUT2D eigenvalue weighted by Gasteiger charge is 2.29. The van der Waals surface area contributed by atoms with E-state index in [-0.39, 0.29) is 23.5 Å². The lowest BCUT2D eigenvalue weighted by Crippen LogP contribution is -2.28. The number of aromatic nitrogens is 3. The highest BCUT2D eigenvalue weighted by Crippen LogP contribution is 2.37. The van der Waals surface area contributed by atoms with Crippen molar-refractivity contribution in [1.82, 2.24) is 19.7 Å². The molecule has 0 bridgehead atoms. The number of nitrogens with zero attached hydrogens (tertiary/aromatic N) is 3. The summed E-state index contributed by atoms with van der Waals surface area (Å²) in [6.45, 7) is 2.53. The molecule has 0 radical (unpaired) electrons. The predicted octanol–water partition coefficient (Wildman–Crippen LogP) is 3.84. The summed E-state index contributed by atoms with van der Waals surface area (Å²) < 4.78 is 35.1. The van der Waals surface area contributed by atoms with Crippen LogP contribution in [0.5, 0.6) is 11.5 Å². The Hall–Kier alpha value is -4.65. The van der Waals surface area contributed by atoms with E-state index in [1.807, 2.05) is 10.8 Å². The van der Waals surface area contributed by atoms with E-state index in [1.54, 1.807) is 36.1 Å². The summed E-state index contributed by atoms with van der Waals surface area (Å²) in [7, 11) is 0. The average Bonchev–Trinajstić information content (AvgIpc) is 3.51. The number of aromatic amines is 1. The number of H-pyrrole nitrogens is 1. The fraction of sp³-hybridized carbons (Fsp3) is 0.192. The van der Waals surface area contributed by atoms with Crippen LogP contribution in [0.3, 0.4) is 0 Å². The first-order chi connectivity index (χ1) is 17.4. The third-order valence-corrected chi connectivity index (χ3v) is 6.16. The maximum absolute atomic E-state index is 14.0. The summed E-state index contributed by atoms with van der Waals surface area (Å²) in [6, 6.07) is 9.88. The lowest BCUT2D eigenvalue weighted by molar-refractivity contribution is -0.124. The molecule has 0 saturated carbocycles. The Morgan fingerprint density at radius 3 is 2.61 bits per heavy atom. The van der Waals surface area contributed by atoms with Crippen molar-refractivity contribution in [1.29, 1.82) is 0 Å². The topological polar surface area (TPSA) is 106 Å². The number of nitrogens with one attached hydrogen (secondary N) is 1. The van der Waals surface area contributed by atoms with Crippen LogP contribution >= 0.6 is 0 Å². The highest BCUT2D eigenvalue weighted by atomic mass is 19.1. The van der Waals surface area contributed by atoms with Crippen LogP contribution in [0.2, 0.25) is 0 Å². The number of ether oxygens (including phenoxy) is 1. The molecule has 182 valence electrons. The maximum Gasteiger partial charge on any atom is 0.298 e. The number of halogens is 2. The van der Waals surface area contributed by atoms with Crippen molar-refractivity contribution in [2.24, 2.45) is 0 Å². The molecule has 36 heavy (non-hydrogen) atoms. The van der Waals surface area contributed by atoms with Gasteiger partial charge >= 0.3 is 0 Å². The number of benzene rings is 2. The summed E-state index contributed by atoms with van der Waals surface area (Å²) in [5, 5.41) is 6.83. The van der Waals surface area contributed by atoms with E-state index in [0.29, 0.717) is 41.5 Å². The normalized spacial score (nSPS) is 15.1. The number of carbonyl (C=O) groups is 1. The fourth-order valence-electron chi connectivity index (χ4n) is 4.48. The van der Waals surface area contributed by atoms with E-state index in [4.69, 9.17) is 10.5 Å². The average molecular weight is 489 g/mol. The third-order valence-electron chi connectivity index (χ3n) is 6.16. The largest absolute Gasteiger partial charge is 0.451 e. The second kappa shape index (κ2) is 9.19. The number of nitrogen functional groups attached to an aromatic ring is 1. The van der Waals surface area contributed by atoms with Crippen LogP contribution in [0.25, 0.3) is 22.0 Å². The van der Waals surface area contributed by atoms with Crippen LogP contribution in [0, 0.1) is 23.5 Å². The minimum absolute atomic E-state index is 0.148. The van der Waals surface area contributed by atoms with Gasteiger partial charge in [-0.05, 0) is 49.1 Å². The molecule has 3 N–H and O–H groups in total. The molecule has 5 rings (SSSR count). The van der Waals surface area contributed by atoms with Crippen LogP contribution in [0.4, 0.5) is 14.6 Å². The Morgan fingerprint density at radius 2 is 1.92 bits per heavy atom. The van der Waals surface area contributed by atoms with E-state index in [2.05, 4.69) is 22.0 Å². The number of likely N-dealkylation sites (tertiary alicyclic amines) is 1. The van der Waals surface area contributed by atoms with Gasteiger partial charge < -0.3 is 19.9 Å². The van der Waals surface area contributed by atoms with Gasteiger partial charge in [0.1, 0.15) is 11.3 Å². The van der Waals surface area contributed by atoms with Crippen LogP contribution < -0.4 is 16.0 Å². The molecule has 3 heterocycles. The van der Waals surface area contributed by atoms with Gasteiger partial charge in [0, 0.05) is 24.8 Å². The summed E-state index contributed by atoms with van der Waals surface area (Å²) in [6.07, 6.45) is 2.46. The molecule has 2 aromatic carbocycles. The molecule has 2 aromatic heterocycles. The molecule has 4 aromatic rings. The number of anilines is 1. The van der Waals surface area contributed by atoms with E-state index in [0.717, 1.165) is 12.1 Å². The Bertz CT molecular complexity index is 1580. The van der Waals surface area contributed by atoms with Crippen LogP contribution in [-0.2, 0) is 4.79 Å². The van der Waals surface area contributed by atoms with Crippen LogP contribution in [-0.4, -0.2) is 38.7 Å². The van der Waals surface area contributed by atoms with Crippen molar-refractivity contribution < 1.29 is 18.3 Å². The summed E-state index contributed by atoms with van der Waals surface area (Å²) >= 11 is 0. The van der Waals surface area contributed by atoms with Gasteiger partial charge in [0.25, 0.3) is 11.5 Å². The van der Waals surface area contributed by atoms with Crippen molar-refractivity contribution in [2.75, 3.05) is 18.8 Å². The molecule has 1 fully saturated rings. The number of nitrogens with two attached hydrogens (primary N) is 1. The van der Waals surface area contributed by atoms with E-state index >= 15 is 0 Å². The fourth-order valence-corrected chi connectivity index (χ4v) is 4.48. The van der Waals surface area contributed by atoms with E-state index in [1.165, 1.54) is 6.07 Å². The minimum Gasteiger partial charge on any atom is -0.451 e. The summed E-state index contributed by atoms with van der Waals surface area (Å²) in [5.41, 5.74) is 7.47. The Morgan fingerprint density at radius 1 is 1.19 bits per heavy atom. The molecular weight excluding hydrogens is 468 g/mol. The predicted molar refractivity (Wildman–Crippen MR) is 130 cm³/mol. The van der Waals surface area contributed by atoms with Gasteiger partial charge in [0.05, 0.1) is 11.4 Å². The molecule has 0 aliphatic carbocycles. The smallest absolute Gasteiger partial charge is 0.298 e. The van der Waals surface area contributed by atoms with Gasteiger partial charge in [-0.2, -0.15) is 5.10 Å². The Balaban J connectivity index is 1.52. The van der Waals surface area contributed by atoms with Gasteiger partial charge in [0.2, 0.25) is 0 Å². The molecule has 1 aliphatic rings. The van der Waals surface area contributed by atoms with Crippen molar-refractivity contribution in [3.8, 4) is 34.5 Å². The van der Waals surface area contributed by atoms with Gasteiger partial charge in [0.15, 0.2) is 23.2 Å². The molecular formula is C26H21F2N5O3. The quantitative estimate of drug-likeness (QED) is 0.424. The van der Waals surface area contributed by atoms with E-state index in [9.17, 15) is 18.4 Å². The zero-order chi connectivity index (χ0) is 25.4. The second-order valence-electron chi connectivity index (χ2n) is 8.36. The van der Waals surface area contributed by atoms with Gasteiger partial charge in [-0.15, -0.1) is 0 Å². The van der Waals surface area contributed by atoms with Crippen LogP contribution in [0.15, 0.2) is 53.5 Å². The van der Waals surface area contributed by atoms with Gasteiger partial charge in [-0.25, -0.2) is 13.9 Å². The highest BCUT2D eigenvalue weighted by molar-refractivity contribution is 6.02. The number of amides is 1. The first-order valence-electron chi connectivity index (χ1n) is 11.2. The standard InChI is InChI=1S/C26H21F2N5O3/c1-2-4-21(34)32-12-11-16(13-32)33-14-18(22-23(33)26(35)31-30-25(22)29)15-7-9-17(10-8-15)36-24-19(27)5-3-6-20(24)28/h3,5-10,14,16H,11-13H2,1H3,(H2,29,30)(H,31,35). The van der Waals surface area contributed by atoms with Crippen molar-refractivity contribution in [3.05, 3.63) is 70.6 Å². The number of fused-ring (bicyclic) bond motifs is 1. The first-order valence-corrected chi connectivity index (χ1v) is 11.2. The Labute approximate surface area is 204 Å².